The van der Waals surface area contributed by atoms with E-state index in [0.717, 1.165) is 43.9 Å². The average Bonchev–Trinajstić information content (AvgIpc) is 2.84. The molecule has 1 fully saturated rings. The molecule has 2 amide bonds. The van der Waals surface area contributed by atoms with Crippen molar-refractivity contribution < 1.29 is 18.0 Å². The summed E-state index contributed by atoms with van der Waals surface area (Å²) >= 11 is 0. The van der Waals surface area contributed by atoms with E-state index in [1.54, 1.807) is 48.5 Å². The quantitative estimate of drug-likeness (QED) is 0.534. The first kappa shape index (κ1) is 22.6. The van der Waals surface area contributed by atoms with Crippen LogP contribution in [0.15, 0.2) is 72.9 Å². The van der Waals surface area contributed by atoms with Gasteiger partial charge in [-0.25, -0.2) is 9.78 Å². The Balaban J connectivity index is 1.34. The summed E-state index contributed by atoms with van der Waals surface area (Å²) < 4.78 is 38.9. The first-order chi connectivity index (χ1) is 15.8. The second-order valence-corrected chi connectivity index (χ2v) is 8.10. The van der Waals surface area contributed by atoms with Crippen molar-refractivity contribution in [2.24, 2.45) is 0 Å². The van der Waals surface area contributed by atoms with Gasteiger partial charge in [-0.15, -0.1) is 0 Å². The number of hydrogen-bond acceptors (Lipinski definition) is 3. The summed E-state index contributed by atoms with van der Waals surface area (Å²) in [5, 5.41) is 2.88. The van der Waals surface area contributed by atoms with Crippen molar-refractivity contribution in [2.45, 2.75) is 25.1 Å². The predicted octanol–water partition coefficient (Wildman–Crippen LogP) is 5.90. The lowest BCUT2D eigenvalue weighted by Gasteiger charge is -2.37. The monoisotopic (exact) mass is 454 g/mol. The molecular weight excluding hydrogens is 429 g/mol. The van der Waals surface area contributed by atoms with Crippen LogP contribution in [0.5, 0.6) is 0 Å². The van der Waals surface area contributed by atoms with Gasteiger partial charge in [0.05, 0.1) is 5.56 Å². The van der Waals surface area contributed by atoms with E-state index in [1.807, 2.05) is 18.2 Å². The third-order valence-corrected chi connectivity index (χ3v) is 5.97. The van der Waals surface area contributed by atoms with Gasteiger partial charge in [-0.1, -0.05) is 30.3 Å². The zero-order valence-corrected chi connectivity index (χ0v) is 18.2. The lowest BCUT2D eigenvalue weighted by Crippen LogP contribution is -2.47. The molecule has 0 atom stereocenters. The van der Waals surface area contributed by atoms with Crippen LogP contribution in [-0.2, 0) is 6.18 Å². The molecule has 0 unspecified atom stereocenters. The number of carbonyl (C=O) groups excluding carboxylic acids is 1. The molecule has 0 aliphatic carbocycles. The van der Waals surface area contributed by atoms with Crippen molar-refractivity contribution >= 4 is 17.5 Å². The fourth-order valence-electron chi connectivity index (χ4n) is 4.02. The molecule has 1 aliphatic rings. The highest BCUT2D eigenvalue weighted by molar-refractivity contribution is 5.89. The highest BCUT2D eigenvalue weighted by Gasteiger charge is 2.30. The molecule has 2 heterocycles. The summed E-state index contributed by atoms with van der Waals surface area (Å²) in [6.45, 7) is 1.65. The van der Waals surface area contributed by atoms with Gasteiger partial charge in [0.1, 0.15) is 5.82 Å². The summed E-state index contributed by atoms with van der Waals surface area (Å²) in [5.41, 5.74) is 1.02. The standard InChI is InChI=1S/C25H25F3N4O/c1-31(22-12-15-32(16-13-22)23-7-2-3-14-29-23)24(33)30-21-10-8-18(9-11-21)19-5-4-6-20(17-19)25(26,27)28/h2-11,14,17,22H,12-13,15-16H2,1H3,(H,30,33). The fraction of sp³-hybridized carbons (Fsp3) is 0.280. The number of nitrogens with one attached hydrogen (secondary N) is 1. The normalized spacial score (nSPS) is 14.7. The summed E-state index contributed by atoms with van der Waals surface area (Å²) in [6, 6.07) is 17.8. The Morgan fingerprint density at radius 1 is 1.00 bits per heavy atom. The fourth-order valence-corrected chi connectivity index (χ4v) is 4.02. The topological polar surface area (TPSA) is 48.5 Å². The van der Waals surface area contributed by atoms with Gasteiger partial charge < -0.3 is 15.1 Å². The molecule has 1 saturated heterocycles. The molecule has 0 bridgehead atoms. The Kier molecular flexibility index (Phi) is 6.53. The minimum atomic E-state index is -4.39. The molecule has 0 radical (unpaired) electrons. The lowest BCUT2D eigenvalue weighted by atomic mass is 10.0. The minimum absolute atomic E-state index is 0.120. The van der Waals surface area contributed by atoms with Gasteiger partial charge in [-0.3, -0.25) is 0 Å². The number of pyridine rings is 1. The van der Waals surface area contributed by atoms with Crippen molar-refractivity contribution in [3.63, 3.8) is 0 Å². The SMILES string of the molecule is CN(C(=O)Nc1ccc(-c2cccc(C(F)(F)F)c2)cc1)C1CCN(c2ccccn2)CC1. The van der Waals surface area contributed by atoms with E-state index in [9.17, 15) is 18.0 Å². The molecule has 0 saturated carbocycles. The number of benzene rings is 2. The van der Waals surface area contributed by atoms with Gasteiger partial charge in [0.25, 0.3) is 0 Å². The number of anilines is 2. The first-order valence-electron chi connectivity index (χ1n) is 10.8. The second-order valence-electron chi connectivity index (χ2n) is 8.10. The Labute approximate surface area is 190 Å². The number of carbonyl (C=O) groups is 1. The lowest BCUT2D eigenvalue weighted by molar-refractivity contribution is -0.137. The first-order valence-corrected chi connectivity index (χ1v) is 10.8. The molecule has 8 heteroatoms. The maximum absolute atomic E-state index is 13.0. The van der Waals surface area contributed by atoms with Gasteiger partial charge in [0.2, 0.25) is 0 Å². The van der Waals surface area contributed by atoms with Gasteiger partial charge in [0, 0.05) is 38.1 Å². The molecule has 1 N–H and O–H groups in total. The van der Waals surface area contributed by atoms with Crippen molar-refractivity contribution in [2.75, 3.05) is 30.4 Å². The molecule has 0 spiro atoms. The van der Waals surface area contributed by atoms with Crippen LogP contribution in [0.1, 0.15) is 18.4 Å². The number of rotatable bonds is 4. The number of aromatic nitrogens is 1. The van der Waals surface area contributed by atoms with Gasteiger partial charge in [-0.2, -0.15) is 13.2 Å². The van der Waals surface area contributed by atoms with Crippen LogP contribution in [0.25, 0.3) is 11.1 Å². The number of hydrogen-bond donors (Lipinski definition) is 1. The number of nitrogens with zero attached hydrogens (tertiary/aromatic N) is 3. The molecule has 3 aromatic rings. The molecule has 1 aromatic heterocycles. The van der Waals surface area contributed by atoms with Crippen LogP contribution in [-0.4, -0.2) is 42.1 Å². The van der Waals surface area contributed by atoms with Crippen molar-refractivity contribution in [1.82, 2.24) is 9.88 Å². The molecular formula is C25H25F3N4O. The van der Waals surface area contributed by atoms with E-state index in [1.165, 1.54) is 6.07 Å². The average molecular weight is 454 g/mol. The number of urea groups is 1. The van der Waals surface area contributed by atoms with Crippen LogP contribution >= 0.6 is 0 Å². The molecule has 5 nitrogen and oxygen atoms in total. The third kappa shape index (κ3) is 5.45. The summed E-state index contributed by atoms with van der Waals surface area (Å²) in [6.07, 6.45) is -0.925. The number of alkyl halides is 3. The summed E-state index contributed by atoms with van der Waals surface area (Å²) in [7, 11) is 1.79. The summed E-state index contributed by atoms with van der Waals surface area (Å²) in [4.78, 5) is 21.1. The summed E-state index contributed by atoms with van der Waals surface area (Å²) in [5.74, 6) is 0.948. The highest BCUT2D eigenvalue weighted by Crippen LogP contribution is 2.32. The highest BCUT2D eigenvalue weighted by atomic mass is 19.4. The van der Waals surface area contributed by atoms with Gasteiger partial charge in [0.15, 0.2) is 0 Å². The zero-order valence-electron chi connectivity index (χ0n) is 18.2. The van der Waals surface area contributed by atoms with Crippen molar-refractivity contribution in [3.8, 4) is 11.1 Å². The second kappa shape index (κ2) is 9.52. The third-order valence-electron chi connectivity index (χ3n) is 5.97. The number of piperidine rings is 1. The molecule has 33 heavy (non-hydrogen) atoms. The largest absolute Gasteiger partial charge is 0.416 e. The van der Waals surface area contributed by atoms with E-state index >= 15 is 0 Å². The van der Waals surface area contributed by atoms with Crippen molar-refractivity contribution in [1.29, 1.82) is 0 Å². The van der Waals surface area contributed by atoms with Crippen LogP contribution in [0, 0.1) is 0 Å². The Morgan fingerprint density at radius 2 is 1.73 bits per heavy atom. The van der Waals surface area contributed by atoms with Crippen LogP contribution < -0.4 is 10.2 Å². The van der Waals surface area contributed by atoms with Crippen LogP contribution in [0.2, 0.25) is 0 Å². The van der Waals surface area contributed by atoms with Crippen LogP contribution in [0.3, 0.4) is 0 Å². The van der Waals surface area contributed by atoms with E-state index in [-0.39, 0.29) is 12.1 Å². The van der Waals surface area contributed by atoms with Gasteiger partial charge in [-0.05, 0) is 60.4 Å². The Morgan fingerprint density at radius 3 is 2.36 bits per heavy atom. The predicted molar refractivity (Wildman–Crippen MR) is 123 cm³/mol. The maximum Gasteiger partial charge on any atom is 0.416 e. The number of halogens is 3. The molecule has 1 aliphatic heterocycles. The molecule has 172 valence electrons. The Hall–Kier alpha value is -3.55. The smallest absolute Gasteiger partial charge is 0.356 e. The number of amides is 2. The maximum atomic E-state index is 13.0. The molecule has 2 aromatic carbocycles. The molecule has 4 rings (SSSR count). The van der Waals surface area contributed by atoms with E-state index in [2.05, 4.69) is 15.2 Å². The van der Waals surface area contributed by atoms with E-state index < -0.39 is 11.7 Å². The Bertz CT molecular complexity index is 1080. The minimum Gasteiger partial charge on any atom is -0.356 e. The zero-order chi connectivity index (χ0) is 23.4. The van der Waals surface area contributed by atoms with Gasteiger partial charge >= 0.3 is 12.2 Å². The van der Waals surface area contributed by atoms with Crippen molar-refractivity contribution in [3.05, 3.63) is 78.5 Å². The van der Waals surface area contributed by atoms with E-state index in [0.29, 0.717) is 16.8 Å². The van der Waals surface area contributed by atoms with Crippen LogP contribution in [0.4, 0.5) is 29.5 Å². The van der Waals surface area contributed by atoms with E-state index in [4.69, 9.17) is 0 Å².